The van der Waals surface area contributed by atoms with E-state index in [-0.39, 0.29) is 18.9 Å². The molecule has 7 nitrogen and oxygen atoms in total. The molecule has 0 saturated heterocycles. The molecule has 0 radical (unpaired) electrons. The number of hydrogen-bond acceptors (Lipinski definition) is 5. The van der Waals surface area contributed by atoms with Crippen molar-refractivity contribution in [3.8, 4) is 5.75 Å². The number of hydrazone groups is 1. The first-order valence-electron chi connectivity index (χ1n) is 9.36. The molecule has 0 unspecified atom stereocenters. The fraction of sp³-hybridized carbons (Fsp3) is 0.227. The van der Waals surface area contributed by atoms with Gasteiger partial charge in [-0.05, 0) is 52.2 Å². The quantitative estimate of drug-likeness (QED) is 0.305. The molecular weight excluding hydrogens is 450 g/mol. The van der Waals surface area contributed by atoms with Crippen LogP contribution in [-0.2, 0) is 9.53 Å². The Kier molecular flexibility index (Phi) is 9.60. The van der Waals surface area contributed by atoms with Crippen molar-refractivity contribution < 1.29 is 19.1 Å². The minimum absolute atomic E-state index is 0.0121. The van der Waals surface area contributed by atoms with Gasteiger partial charge in [0.05, 0.1) is 29.8 Å². The molecule has 2 aromatic carbocycles. The lowest BCUT2D eigenvalue weighted by Crippen LogP contribution is -2.33. The smallest absolute Gasteiger partial charge is 0.407 e. The van der Waals surface area contributed by atoms with Gasteiger partial charge in [-0.1, -0.05) is 43.0 Å². The molecule has 0 spiro atoms. The van der Waals surface area contributed by atoms with Gasteiger partial charge in [0.1, 0.15) is 12.4 Å². The standard InChI is InChI=1S/C22H24BrN3O4/c1-3-12-30-20-11-10-16(13-18(20)23)15-24-26-21(27)14-19(25-22(28)29-4-2)17-8-6-5-7-9-17/h3,5-11,13,15,19H,1,4,12,14H2,2H3,(H,25,28)(H,26,27)/b24-15-/t19-/m1/s1. The highest BCUT2D eigenvalue weighted by molar-refractivity contribution is 9.10. The van der Waals surface area contributed by atoms with Crippen LogP contribution >= 0.6 is 15.9 Å². The monoisotopic (exact) mass is 473 g/mol. The number of rotatable bonds is 10. The summed E-state index contributed by atoms with van der Waals surface area (Å²) in [4.78, 5) is 24.2. The molecule has 2 N–H and O–H groups in total. The summed E-state index contributed by atoms with van der Waals surface area (Å²) in [6.07, 6.45) is 2.62. The number of amides is 2. The molecule has 0 aliphatic heterocycles. The second-order valence-corrected chi connectivity index (χ2v) is 6.97. The molecule has 0 bridgehead atoms. The third kappa shape index (κ3) is 7.71. The van der Waals surface area contributed by atoms with Gasteiger partial charge >= 0.3 is 6.09 Å². The van der Waals surface area contributed by atoms with Crippen LogP contribution in [-0.4, -0.2) is 31.4 Å². The van der Waals surface area contributed by atoms with E-state index in [2.05, 4.69) is 38.4 Å². The Morgan fingerprint density at radius 1 is 1.23 bits per heavy atom. The van der Waals surface area contributed by atoms with E-state index in [1.54, 1.807) is 19.1 Å². The molecule has 0 saturated carbocycles. The Hall–Kier alpha value is -3.13. The first-order valence-corrected chi connectivity index (χ1v) is 10.2. The molecule has 30 heavy (non-hydrogen) atoms. The summed E-state index contributed by atoms with van der Waals surface area (Å²) >= 11 is 3.43. The topological polar surface area (TPSA) is 89.0 Å². The molecule has 0 aliphatic carbocycles. The average Bonchev–Trinajstić information content (AvgIpc) is 2.73. The van der Waals surface area contributed by atoms with Gasteiger partial charge in [-0.15, -0.1) is 0 Å². The molecule has 0 heterocycles. The van der Waals surface area contributed by atoms with E-state index >= 15 is 0 Å². The molecule has 8 heteroatoms. The van der Waals surface area contributed by atoms with Gasteiger partial charge in [0.2, 0.25) is 5.91 Å². The number of halogens is 1. The third-order valence-corrected chi connectivity index (χ3v) is 4.49. The van der Waals surface area contributed by atoms with Gasteiger partial charge in [-0.3, -0.25) is 4.79 Å². The zero-order valence-corrected chi connectivity index (χ0v) is 18.2. The number of nitrogens with zero attached hydrogens (tertiary/aromatic N) is 1. The van der Waals surface area contributed by atoms with Crippen molar-refractivity contribution in [2.75, 3.05) is 13.2 Å². The van der Waals surface area contributed by atoms with Crippen molar-refractivity contribution in [1.82, 2.24) is 10.7 Å². The summed E-state index contributed by atoms with van der Waals surface area (Å²) in [6, 6.07) is 14.1. The minimum Gasteiger partial charge on any atom is -0.488 e. The van der Waals surface area contributed by atoms with Gasteiger partial charge < -0.3 is 14.8 Å². The predicted molar refractivity (Wildman–Crippen MR) is 120 cm³/mol. The lowest BCUT2D eigenvalue weighted by atomic mass is 10.0. The third-order valence-electron chi connectivity index (χ3n) is 3.87. The molecule has 2 amide bonds. The highest BCUT2D eigenvalue weighted by atomic mass is 79.9. The van der Waals surface area contributed by atoms with Crippen LogP contribution in [0.5, 0.6) is 5.75 Å². The van der Waals surface area contributed by atoms with Crippen molar-refractivity contribution in [3.05, 3.63) is 76.8 Å². The first kappa shape index (κ1) is 23.2. The summed E-state index contributed by atoms with van der Waals surface area (Å²) in [5.41, 5.74) is 4.05. The summed E-state index contributed by atoms with van der Waals surface area (Å²) in [5, 5.41) is 6.69. The lowest BCUT2D eigenvalue weighted by molar-refractivity contribution is -0.121. The van der Waals surface area contributed by atoms with Crippen molar-refractivity contribution >= 4 is 34.1 Å². The summed E-state index contributed by atoms with van der Waals surface area (Å²) in [7, 11) is 0. The largest absolute Gasteiger partial charge is 0.488 e. The van der Waals surface area contributed by atoms with E-state index in [0.29, 0.717) is 12.4 Å². The van der Waals surface area contributed by atoms with Crippen molar-refractivity contribution in [2.45, 2.75) is 19.4 Å². The van der Waals surface area contributed by atoms with Gasteiger partial charge in [-0.25, -0.2) is 10.2 Å². The zero-order chi connectivity index (χ0) is 21.8. The van der Waals surface area contributed by atoms with E-state index < -0.39 is 12.1 Å². The zero-order valence-electron chi connectivity index (χ0n) is 16.6. The molecule has 2 aromatic rings. The van der Waals surface area contributed by atoms with Crippen LogP contribution < -0.4 is 15.5 Å². The normalized spacial score (nSPS) is 11.5. The molecule has 0 aliphatic rings. The highest BCUT2D eigenvalue weighted by Crippen LogP contribution is 2.25. The van der Waals surface area contributed by atoms with Crippen molar-refractivity contribution in [1.29, 1.82) is 0 Å². The Bertz CT molecular complexity index is 887. The highest BCUT2D eigenvalue weighted by Gasteiger charge is 2.18. The maximum atomic E-state index is 12.3. The molecular formula is C22H24BrN3O4. The molecule has 158 valence electrons. The fourth-order valence-corrected chi connectivity index (χ4v) is 3.04. The lowest BCUT2D eigenvalue weighted by Gasteiger charge is -2.18. The van der Waals surface area contributed by atoms with Crippen LogP contribution in [0.4, 0.5) is 4.79 Å². The first-order chi connectivity index (χ1) is 14.5. The Morgan fingerprint density at radius 2 is 2.00 bits per heavy atom. The van der Waals surface area contributed by atoms with Gasteiger partial charge in [0.15, 0.2) is 0 Å². The average molecular weight is 474 g/mol. The van der Waals surface area contributed by atoms with E-state index in [1.165, 1.54) is 6.21 Å². The SMILES string of the molecule is C=CCOc1ccc(/C=N\NC(=O)C[C@@H](NC(=O)OCC)c2ccccc2)cc1Br. The van der Waals surface area contributed by atoms with E-state index in [4.69, 9.17) is 9.47 Å². The van der Waals surface area contributed by atoms with Gasteiger partial charge in [-0.2, -0.15) is 5.10 Å². The predicted octanol–water partition coefficient (Wildman–Crippen LogP) is 4.34. The number of alkyl carbamates (subject to hydrolysis) is 1. The number of carbonyl (C=O) groups is 2. The van der Waals surface area contributed by atoms with Crippen LogP contribution in [0.1, 0.15) is 30.5 Å². The number of hydrogen-bond donors (Lipinski definition) is 2. The number of benzene rings is 2. The number of ether oxygens (including phenoxy) is 2. The number of carbonyl (C=O) groups excluding carboxylic acids is 2. The minimum atomic E-state index is -0.578. The summed E-state index contributed by atoms with van der Waals surface area (Å²) < 4.78 is 11.2. The second-order valence-electron chi connectivity index (χ2n) is 6.11. The van der Waals surface area contributed by atoms with Gasteiger partial charge in [0.25, 0.3) is 0 Å². The van der Waals surface area contributed by atoms with Crippen LogP contribution in [0, 0.1) is 0 Å². The van der Waals surface area contributed by atoms with Gasteiger partial charge in [0, 0.05) is 0 Å². The summed E-state index contributed by atoms with van der Waals surface area (Å²) in [5.74, 6) is 0.341. The Labute approximate surface area is 184 Å². The van der Waals surface area contributed by atoms with Crippen LogP contribution in [0.3, 0.4) is 0 Å². The van der Waals surface area contributed by atoms with Crippen LogP contribution in [0.2, 0.25) is 0 Å². The molecule has 1 atom stereocenters. The fourth-order valence-electron chi connectivity index (χ4n) is 2.53. The van der Waals surface area contributed by atoms with E-state index in [9.17, 15) is 9.59 Å². The van der Waals surface area contributed by atoms with Crippen LogP contribution in [0.25, 0.3) is 0 Å². The molecule has 0 fully saturated rings. The van der Waals surface area contributed by atoms with E-state index in [1.807, 2.05) is 42.5 Å². The van der Waals surface area contributed by atoms with Crippen molar-refractivity contribution in [3.63, 3.8) is 0 Å². The molecule has 2 rings (SSSR count). The maximum Gasteiger partial charge on any atom is 0.407 e. The Balaban J connectivity index is 1.97. The summed E-state index contributed by atoms with van der Waals surface area (Å²) in [6.45, 7) is 5.98. The number of nitrogens with one attached hydrogen (secondary N) is 2. The molecule has 0 aromatic heterocycles. The van der Waals surface area contributed by atoms with Crippen molar-refractivity contribution in [2.24, 2.45) is 5.10 Å². The maximum absolute atomic E-state index is 12.3. The second kappa shape index (κ2) is 12.4. The Morgan fingerprint density at radius 3 is 2.67 bits per heavy atom. The van der Waals surface area contributed by atoms with E-state index in [0.717, 1.165) is 15.6 Å². The van der Waals surface area contributed by atoms with Crippen LogP contribution in [0.15, 0.2) is 70.8 Å².